The molecule has 2 nitrogen and oxygen atoms in total. The number of nitrogens with one attached hydrogen (secondary N) is 1. The second kappa shape index (κ2) is 4.83. The highest BCUT2D eigenvalue weighted by molar-refractivity contribution is 9.10. The van der Waals surface area contributed by atoms with Crippen LogP contribution in [-0.4, -0.2) is 17.3 Å². The molecule has 1 aromatic carbocycles. The smallest absolute Gasteiger partial charge is 0.0570 e. The van der Waals surface area contributed by atoms with Crippen LogP contribution in [0.25, 0.3) is 0 Å². The summed E-state index contributed by atoms with van der Waals surface area (Å²) in [5, 5.41) is 13.3. The van der Waals surface area contributed by atoms with Gasteiger partial charge in [0.1, 0.15) is 0 Å². The molecular weight excluding hydrogens is 277 g/mol. The lowest BCUT2D eigenvalue weighted by Gasteiger charge is -2.32. The fourth-order valence-electron chi connectivity index (χ4n) is 1.67. The zero-order valence-corrected chi connectivity index (χ0v) is 10.6. The van der Waals surface area contributed by atoms with E-state index < -0.39 is 0 Å². The maximum atomic E-state index is 9.14. The van der Waals surface area contributed by atoms with Gasteiger partial charge in [-0.1, -0.05) is 33.6 Å². The number of hydrogen-bond donors (Lipinski definition) is 2. The van der Waals surface area contributed by atoms with Crippen LogP contribution in [-0.2, 0) is 6.54 Å². The van der Waals surface area contributed by atoms with Crippen molar-refractivity contribution in [2.24, 2.45) is 0 Å². The maximum absolute atomic E-state index is 9.14. The van der Waals surface area contributed by atoms with Gasteiger partial charge in [0.2, 0.25) is 0 Å². The van der Waals surface area contributed by atoms with Crippen LogP contribution in [0, 0.1) is 0 Å². The monoisotopic (exact) mass is 289 g/mol. The first-order valence-corrected chi connectivity index (χ1v) is 6.17. The van der Waals surface area contributed by atoms with Crippen LogP contribution in [0.2, 0.25) is 5.02 Å². The summed E-state index contributed by atoms with van der Waals surface area (Å²) in [7, 11) is 0. The SMILES string of the molecule is OC1CC(NCc2ccc(Cl)cc2Br)C1. The lowest BCUT2D eigenvalue weighted by Crippen LogP contribution is -2.43. The predicted octanol–water partition coefficient (Wildman–Crippen LogP) is 2.72. The van der Waals surface area contributed by atoms with Crippen LogP contribution in [0.5, 0.6) is 0 Å². The fourth-order valence-corrected chi connectivity index (χ4v) is 2.50. The lowest BCUT2D eigenvalue weighted by atomic mass is 9.89. The van der Waals surface area contributed by atoms with Gasteiger partial charge in [-0.3, -0.25) is 0 Å². The van der Waals surface area contributed by atoms with Crippen molar-refractivity contribution in [1.29, 1.82) is 0 Å². The molecule has 0 heterocycles. The van der Waals surface area contributed by atoms with Crippen molar-refractivity contribution in [3.63, 3.8) is 0 Å². The van der Waals surface area contributed by atoms with E-state index in [9.17, 15) is 0 Å². The number of benzene rings is 1. The van der Waals surface area contributed by atoms with E-state index in [2.05, 4.69) is 21.2 Å². The largest absolute Gasteiger partial charge is 0.393 e. The molecule has 0 spiro atoms. The Hall–Kier alpha value is -0.0900. The predicted molar refractivity (Wildman–Crippen MR) is 65.0 cm³/mol. The molecule has 1 aliphatic rings. The van der Waals surface area contributed by atoms with Gasteiger partial charge < -0.3 is 10.4 Å². The summed E-state index contributed by atoms with van der Waals surface area (Å²) in [6, 6.07) is 6.25. The Morgan fingerprint density at radius 1 is 1.47 bits per heavy atom. The molecule has 2 N–H and O–H groups in total. The third kappa shape index (κ3) is 2.94. The minimum absolute atomic E-state index is 0.101. The van der Waals surface area contributed by atoms with Gasteiger partial charge in [0, 0.05) is 22.1 Å². The third-order valence-corrected chi connectivity index (χ3v) is 3.68. The van der Waals surface area contributed by atoms with Crippen molar-refractivity contribution in [2.75, 3.05) is 0 Å². The molecule has 0 aliphatic heterocycles. The molecule has 1 aliphatic carbocycles. The summed E-state index contributed by atoms with van der Waals surface area (Å²) in [5.74, 6) is 0. The highest BCUT2D eigenvalue weighted by Gasteiger charge is 2.26. The molecule has 2 rings (SSSR count). The van der Waals surface area contributed by atoms with E-state index in [4.69, 9.17) is 16.7 Å². The number of hydrogen-bond acceptors (Lipinski definition) is 2. The standard InChI is InChI=1S/C11H13BrClNO/c12-11-3-8(13)2-1-7(11)6-14-9-4-10(15)5-9/h1-3,9-10,14-15H,4-6H2. The quantitative estimate of drug-likeness (QED) is 0.897. The molecule has 15 heavy (non-hydrogen) atoms. The average Bonchev–Trinajstić information content (AvgIpc) is 2.13. The lowest BCUT2D eigenvalue weighted by molar-refractivity contribution is 0.0619. The summed E-state index contributed by atoms with van der Waals surface area (Å²) in [6.45, 7) is 0.815. The number of rotatable bonds is 3. The van der Waals surface area contributed by atoms with Crippen LogP contribution in [0.3, 0.4) is 0 Å². The zero-order chi connectivity index (χ0) is 10.8. The molecule has 0 aromatic heterocycles. The Balaban J connectivity index is 1.88. The van der Waals surface area contributed by atoms with E-state index in [0.717, 1.165) is 28.9 Å². The number of halogens is 2. The van der Waals surface area contributed by atoms with Crippen LogP contribution in [0.1, 0.15) is 18.4 Å². The Morgan fingerprint density at radius 3 is 2.80 bits per heavy atom. The van der Waals surface area contributed by atoms with Gasteiger partial charge in [-0.2, -0.15) is 0 Å². The van der Waals surface area contributed by atoms with Crippen molar-refractivity contribution < 1.29 is 5.11 Å². The Labute approximate surface area is 103 Å². The van der Waals surface area contributed by atoms with E-state index in [1.54, 1.807) is 0 Å². The van der Waals surface area contributed by atoms with Gasteiger partial charge in [0.15, 0.2) is 0 Å². The topological polar surface area (TPSA) is 32.3 Å². The molecule has 0 amide bonds. The minimum atomic E-state index is -0.101. The van der Waals surface area contributed by atoms with E-state index in [1.807, 2.05) is 18.2 Å². The molecule has 82 valence electrons. The molecule has 1 aromatic rings. The Morgan fingerprint density at radius 2 is 2.20 bits per heavy atom. The van der Waals surface area contributed by atoms with E-state index >= 15 is 0 Å². The van der Waals surface area contributed by atoms with Crippen LogP contribution in [0.15, 0.2) is 22.7 Å². The van der Waals surface area contributed by atoms with Crippen molar-refractivity contribution in [3.8, 4) is 0 Å². The minimum Gasteiger partial charge on any atom is -0.393 e. The van der Waals surface area contributed by atoms with Crippen molar-refractivity contribution in [2.45, 2.75) is 31.5 Å². The molecule has 0 radical (unpaired) electrons. The second-order valence-corrected chi connectivity index (χ2v) is 5.23. The summed E-state index contributed by atoms with van der Waals surface area (Å²) in [5.41, 5.74) is 1.20. The van der Waals surface area contributed by atoms with E-state index in [1.165, 1.54) is 5.56 Å². The molecule has 1 fully saturated rings. The van der Waals surface area contributed by atoms with Gasteiger partial charge in [-0.25, -0.2) is 0 Å². The summed E-state index contributed by atoms with van der Waals surface area (Å²) in [6.07, 6.45) is 1.63. The highest BCUT2D eigenvalue weighted by atomic mass is 79.9. The molecule has 4 heteroatoms. The molecule has 0 saturated heterocycles. The summed E-state index contributed by atoms with van der Waals surface area (Å²) in [4.78, 5) is 0. The van der Waals surface area contributed by atoms with Crippen LogP contribution in [0.4, 0.5) is 0 Å². The fraction of sp³-hybridized carbons (Fsp3) is 0.455. The third-order valence-electron chi connectivity index (χ3n) is 2.71. The van der Waals surface area contributed by atoms with Crippen molar-refractivity contribution in [1.82, 2.24) is 5.32 Å². The van der Waals surface area contributed by atoms with E-state index in [-0.39, 0.29) is 6.10 Å². The molecule has 0 unspecified atom stereocenters. The van der Waals surface area contributed by atoms with Gasteiger partial charge in [0.05, 0.1) is 6.10 Å². The first-order valence-electron chi connectivity index (χ1n) is 5.00. The molecule has 0 bridgehead atoms. The normalized spacial score (nSPS) is 25.0. The van der Waals surface area contributed by atoms with E-state index in [0.29, 0.717) is 6.04 Å². The van der Waals surface area contributed by atoms with Crippen molar-refractivity contribution in [3.05, 3.63) is 33.3 Å². The first-order chi connectivity index (χ1) is 7.15. The maximum Gasteiger partial charge on any atom is 0.0570 e. The average molecular weight is 291 g/mol. The van der Waals surface area contributed by atoms with Crippen molar-refractivity contribution >= 4 is 27.5 Å². The molecule has 0 atom stereocenters. The van der Waals surface area contributed by atoms with Crippen LogP contribution < -0.4 is 5.32 Å². The first kappa shape index (κ1) is 11.4. The van der Waals surface area contributed by atoms with Crippen LogP contribution >= 0.6 is 27.5 Å². The number of aliphatic hydroxyl groups excluding tert-OH is 1. The summed E-state index contributed by atoms with van der Waals surface area (Å²) < 4.78 is 1.03. The zero-order valence-electron chi connectivity index (χ0n) is 8.21. The second-order valence-electron chi connectivity index (χ2n) is 3.94. The van der Waals surface area contributed by atoms with Gasteiger partial charge in [-0.15, -0.1) is 0 Å². The highest BCUT2D eigenvalue weighted by Crippen LogP contribution is 2.23. The number of aliphatic hydroxyl groups is 1. The van der Waals surface area contributed by atoms with Gasteiger partial charge in [0.25, 0.3) is 0 Å². The molecular formula is C11H13BrClNO. The van der Waals surface area contributed by atoms with Gasteiger partial charge in [-0.05, 0) is 30.5 Å². The Kier molecular flexibility index (Phi) is 3.67. The Bertz CT molecular complexity index is 352. The molecule has 1 saturated carbocycles. The van der Waals surface area contributed by atoms with Gasteiger partial charge >= 0.3 is 0 Å². The summed E-state index contributed by atoms with van der Waals surface area (Å²) >= 11 is 9.33.